The van der Waals surface area contributed by atoms with Crippen LogP contribution in [0.25, 0.3) is 0 Å². The van der Waals surface area contributed by atoms with Crippen molar-refractivity contribution in [2.75, 3.05) is 0 Å². The van der Waals surface area contributed by atoms with Gasteiger partial charge in [0.15, 0.2) is 0 Å². The molecule has 0 saturated carbocycles. The Morgan fingerprint density at radius 3 is 2.68 bits per heavy atom. The highest BCUT2D eigenvalue weighted by Gasteiger charge is 2.05. The quantitative estimate of drug-likeness (QED) is 0.346. The average molecular weight is 406 g/mol. The highest BCUT2D eigenvalue weighted by Crippen LogP contribution is 2.21. The largest absolute Gasteiger partial charge is 0.507 e. The van der Waals surface area contributed by atoms with Crippen molar-refractivity contribution in [1.29, 1.82) is 0 Å². The number of rotatable bonds is 5. The van der Waals surface area contributed by atoms with Crippen molar-refractivity contribution in [3.05, 3.63) is 75.4 Å². The number of halogens is 1. The molecule has 2 rings (SSSR count). The van der Waals surface area contributed by atoms with Gasteiger partial charge in [-0.15, -0.1) is 6.58 Å². The fourth-order valence-corrected chi connectivity index (χ4v) is 2.22. The predicted molar refractivity (Wildman–Crippen MR) is 96.2 cm³/mol. The van der Waals surface area contributed by atoms with Crippen LogP contribution >= 0.6 is 22.6 Å². The summed E-state index contributed by atoms with van der Waals surface area (Å²) < 4.78 is 1.06. The van der Waals surface area contributed by atoms with Crippen molar-refractivity contribution in [3.8, 4) is 5.75 Å². The van der Waals surface area contributed by atoms with Crippen LogP contribution in [0.15, 0.2) is 60.2 Å². The number of aromatic hydroxyl groups is 1. The van der Waals surface area contributed by atoms with Crippen LogP contribution in [-0.4, -0.2) is 17.2 Å². The zero-order valence-corrected chi connectivity index (χ0v) is 13.9. The molecule has 0 radical (unpaired) electrons. The smallest absolute Gasteiger partial charge is 0.271 e. The first-order valence-corrected chi connectivity index (χ1v) is 7.70. The second kappa shape index (κ2) is 7.74. The molecule has 0 fully saturated rings. The number of nitrogens with zero attached hydrogens (tertiary/aromatic N) is 1. The van der Waals surface area contributed by atoms with Crippen molar-refractivity contribution in [1.82, 2.24) is 5.43 Å². The number of nitrogens with one attached hydrogen (secondary N) is 1. The van der Waals surface area contributed by atoms with E-state index in [9.17, 15) is 9.90 Å². The van der Waals surface area contributed by atoms with E-state index in [1.165, 1.54) is 6.21 Å². The molecule has 0 aliphatic carbocycles. The molecule has 0 saturated heterocycles. The summed E-state index contributed by atoms with van der Waals surface area (Å²) in [6, 6.07) is 12.5. The molecule has 0 spiro atoms. The molecule has 22 heavy (non-hydrogen) atoms. The van der Waals surface area contributed by atoms with Crippen molar-refractivity contribution in [3.63, 3.8) is 0 Å². The van der Waals surface area contributed by atoms with Crippen LogP contribution in [0.5, 0.6) is 5.75 Å². The Labute approximate surface area is 142 Å². The summed E-state index contributed by atoms with van der Waals surface area (Å²) in [5.74, 6) is -0.149. The lowest BCUT2D eigenvalue weighted by molar-refractivity contribution is 0.0955. The summed E-state index contributed by atoms with van der Waals surface area (Å²) in [5.41, 5.74) is 4.28. The minimum Gasteiger partial charge on any atom is -0.507 e. The third-order valence-corrected chi connectivity index (χ3v) is 3.71. The number of carbonyl (C=O) groups excluding carboxylic acids is 1. The Morgan fingerprint density at radius 2 is 2.00 bits per heavy atom. The third kappa shape index (κ3) is 4.17. The highest BCUT2D eigenvalue weighted by atomic mass is 127. The van der Waals surface area contributed by atoms with Crippen molar-refractivity contribution >= 4 is 34.7 Å². The van der Waals surface area contributed by atoms with Gasteiger partial charge in [0.25, 0.3) is 5.91 Å². The Kier molecular flexibility index (Phi) is 5.71. The van der Waals surface area contributed by atoms with E-state index >= 15 is 0 Å². The number of benzene rings is 2. The van der Waals surface area contributed by atoms with E-state index in [2.05, 4.69) is 39.7 Å². The molecule has 0 heterocycles. The fraction of sp³-hybridized carbons (Fsp3) is 0.0588. The van der Waals surface area contributed by atoms with Gasteiger partial charge in [0, 0.05) is 14.7 Å². The summed E-state index contributed by atoms with van der Waals surface area (Å²) in [7, 11) is 0. The standard InChI is InChI=1S/C17H15IN2O2/c1-2-4-12-5-3-6-14(16(12)21)11-19-20-17(22)13-7-9-15(18)10-8-13/h2-3,5-11,21H,1,4H2,(H,20,22). The van der Waals surface area contributed by atoms with E-state index in [0.29, 0.717) is 17.5 Å². The second-order valence-corrected chi connectivity index (χ2v) is 5.80. The number of amides is 1. The number of phenols is 1. The van der Waals surface area contributed by atoms with E-state index in [4.69, 9.17) is 0 Å². The van der Waals surface area contributed by atoms with Gasteiger partial charge in [-0.3, -0.25) is 4.79 Å². The number of allylic oxidation sites excluding steroid dienone is 1. The first kappa shape index (κ1) is 16.2. The summed E-state index contributed by atoms with van der Waals surface area (Å²) >= 11 is 2.17. The van der Waals surface area contributed by atoms with Crippen LogP contribution in [0.1, 0.15) is 21.5 Å². The summed E-state index contributed by atoms with van der Waals surface area (Å²) in [4.78, 5) is 11.9. The van der Waals surface area contributed by atoms with Crippen LogP contribution in [0, 0.1) is 3.57 Å². The van der Waals surface area contributed by atoms with Gasteiger partial charge in [-0.05, 0) is 64.9 Å². The molecule has 0 atom stereocenters. The number of para-hydroxylation sites is 1. The molecule has 0 bridgehead atoms. The normalized spacial score (nSPS) is 10.6. The number of hydrogen-bond donors (Lipinski definition) is 2. The van der Waals surface area contributed by atoms with Crippen LogP contribution in [0.2, 0.25) is 0 Å². The first-order chi connectivity index (χ1) is 10.6. The summed E-state index contributed by atoms with van der Waals surface area (Å²) in [5, 5.41) is 14.0. The first-order valence-electron chi connectivity index (χ1n) is 6.62. The lowest BCUT2D eigenvalue weighted by atomic mass is 10.1. The molecule has 0 aromatic heterocycles. The van der Waals surface area contributed by atoms with E-state index in [1.807, 2.05) is 24.3 Å². The van der Waals surface area contributed by atoms with Crippen LogP contribution in [0.4, 0.5) is 0 Å². The number of carbonyl (C=O) groups is 1. The van der Waals surface area contributed by atoms with Crippen LogP contribution in [0.3, 0.4) is 0 Å². The molecule has 4 nitrogen and oxygen atoms in total. The zero-order chi connectivity index (χ0) is 15.9. The number of hydrazone groups is 1. The Balaban J connectivity index is 2.06. The van der Waals surface area contributed by atoms with Gasteiger partial charge in [-0.25, -0.2) is 5.43 Å². The van der Waals surface area contributed by atoms with Gasteiger partial charge in [0.1, 0.15) is 5.75 Å². The highest BCUT2D eigenvalue weighted by molar-refractivity contribution is 14.1. The lowest BCUT2D eigenvalue weighted by Gasteiger charge is -2.04. The molecule has 2 N–H and O–H groups in total. The van der Waals surface area contributed by atoms with Crippen LogP contribution < -0.4 is 5.43 Å². The maximum Gasteiger partial charge on any atom is 0.271 e. The molecule has 0 aliphatic heterocycles. The van der Waals surface area contributed by atoms with Crippen molar-refractivity contribution in [2.45, 2.75) is 6.42 Å². The molecule has 0 unspecified atom stereocenters. The minimum atomic E-state index is -0.297. The maximum atomic E-state index is 11.9. The van der Waals surface area contributed by atoms with Crippen molar-refractivity contribution in [2.24, 2.45) is 5.10 Å². The monoisotopic (exact) mass is 406 g/mol. The SMILES string of the molecule is C=CCc1cccc(C=NNC(=O)c2ccc(I)cc2)c1O. The Bertz CT molecular complexity index is 709. The molecule has 5 heteroatoms. The van der Waals surface area contributed by atoms with Gasteiger partial charge in [-0.2, -0.15) is 5.10 Å². The maximum absolute atomic E-state index is 11.9. The molecule has 2 aromatic carbocycles. The molecule has 0 aliphatic rings. The van der Waals surface area contributed by atoms with Gasteiger partial charge in [0.2, 0.25) is 0 Å². The third-order valence-electron chi connectivity index (χ3n) is 2.99. The van der Waals surface area contributed by atoms with Gasteiger partial charge in [0.05, 0.1) is 6.21 Å². The number of phenolic OH excluding ortho intramolecular Hbond substituents is 1. The van der Waals surface area contributed by atoms with E-state index in [0.717, 1.165) is 9.13 Å². The molecule has 1 amide bonds. The average Bonchev–Trinajstić information content (AvgIpc) is 2.51. The minimum absolute atomic E-state index is 0.148. The Hall–Kier alpha value is -2.15. The predicted octanol–water partition coefficient (Wildman–Crippen LogP) is 3.49. The van der Waals surface area contributed by atoms with Crippen LogP contribution in [-0.2, 0) is 6.42 Å². The van der Waals surface area contributed by atoms with Gasteiger partial charge >= 0.3 is 0 Å². The van der Waals surface area contributed by atoms with Crippen molar-refractivity contribution < 1.29 is 9.90 Å². The fourth-order valence-electron chi connectivity index (χ4n) is 1.86. The molecular weight excluding hydrogens is 391 g/mol. The topological polar surface area (TPSA) is 61.7 Å². The second-order valence-electron chi connectivity index (χ2n) is 4.55. The number of hydrogen-bond acceptors (Lipinski definition) is 3. The van der Waals surface area contributed by atoms with E-state index in [1.54, 1.807) is 24.3 Å². The summed E-state index contributed by atoms with van der Waals surface area (Å²) in [6.07, 6.45) is 3.71. The zero-order valence-electron chi connectivity index (χ0n) is 11.8. The van der Waals surface area contributed by atoms with E-state index in [-0.39, 0.29) is 11.7 Å². The molecule has 2 aromatic rings. The summed E-state index contributed by atoms with van der Waals surface area (Å²) in [6.45, 7) is 3.65. The lowest BCUT2D eigenvalue weighted by Crippen LogP contribution is -2.17. The molecular formula is C17H15IN2O2. The molecule has 112 valence electrons. The van der Waals surface area contributed by atoms with Gasteiger partial charge in [-0.1, -0.05) is 18.2 Å². The van der Waals surface area contributed by atoms with Gasteiger partial charge < -0.3 is 5.11 Å². The van der Waals surface area contributed by atoms with E-state index < -0.39 is 0 Å². The Morgan fingerprint density at radius 1 is 1.27 bits per heavy atom.